The Morgan fingerprint density at radius 2 is 1.85 bits per heavy atom. The van der Waals surface area contributed by atoms with Crippen molar-refractivity contribution < 1.29 is 19.0 Å². The minimum atomic E-state index is -0.817. The zero-order chi connectivity index (χ0) is 18.5. The molecule has 1 amide bonds. The Bertz CT molecular complexity index is 933. The highest BCUT2D eigenvalue weighted by Gasteiger charge is 2.13. The van der Waals surface area contributed by atoms with E-state index >= 15 is 0 Å². The monoisotopic (exact) mass is 388 g/mol. The summed E-state index contributed by atoms with van der Waals surface area (Å²) in [6, 6.07) is 16.0. The van der Waals surface area contributed by atoms with Crippen molar-refractivity contribution in [1.29, 1.82) is 0 Å². The molecule has 0 aliphatic heterocycles. The lowest BCUT2D eigenvalue weighted by Gasteiger charge is -2.10. The van der Waals surface area contributed by atoms with Gasteiger partial charge >= 0.3 is 0 Å². The predicted molar refractivity (Wildman–Crippen MR) is 103 cm³/mol. The van der Waals surface area contributed by atoms with Crippen molar-refractivity contribution in [1.82, 2.24) is 4.98 Å². The Hall–Kier alpha value is -2.96. The minimum absolute atomic E-state index is 0. The number of pyridine rings is 1. The van der Waals surface area contributed by atoms with E-state index in [9.17, 15) is 9.18 Å². The maximum Gasteiger partial charge on any atom is 0.254 e. The lowest BCUT2D eigenvalue weighted by molar-refractivity contribution is 0.0997. The molecule has 0 saturated heterocycles. The summed E-state index contributed by atoms with van der Waals surface area (Å²) >= 11 is 0. The summed E-state index contributed by atoms with van der Waals surface area (Å²) in [7, 11) is 0. The molecule has 3 N–H and O–H groups in total. The number of carbonyl (C=O) groups excluding carboxylic acids is 1. The van der Waals surface area contributed by atoms with Gasteiger partial charge in [0.25, 0.3) is 5.91 Å². The summed E-state index contributed by atoms with van der Waals surface area (Å²) in [6.45, 7) is 0.107. The first-order chi connectivity index (χ1) is 12.6. The van der Waals surface area contributed by atoms with E-state index in [-0.39, 0.29) is 30.5 Å². The molecule has 0 spiro atoms. The van der Waals surface area contributed by atoms with Gasteiger partial charge in [-0.2, -0.15) is 0 Å². The Morgan fingerprint density at radius 1 is 1.11 bits per heavy atom. The highest BCUT2D eigenvalue weighted by atomic mass is 35.5. The molecule has 2 aromatic carbocycles. The van der Waals surface area contributed by atoms with Gasteiger partial charge in [0.15, 0.2) is 0 Å². The first-order valence-corrected chi connectivity index (χ1v) is 8.00. The molecule has 1 heterocycles. The fourth-order valence-corrected chi connectivity index (χ4v) is 2.53. The maximum atomic E-state index is 13.3. The lowest BCUT2D eigenvalue weighted by Crippen LogP contribution is -2.13. The Morgan fingerprint density at radius 3 is 2.52 bits per heavy atom. The number of aromatic nitrogens is 1. The molecule has 5 nitrogen and oxygen atoms in total. The van der Waals surface area contributed by atoms with Crippen LogP contribution in [0.1, 0.15) is 15.9 Å². The molecule has 0 fully saturated rings. The van der Waals surface area contributed by atoms with Crippen LogP contribution >= 0.6 is 12.4 Å². The van der Waals surface area contributed by atoms with Crippen LogP contribution in [0.2, 0.25) is 0 Å². The van der Waals surface area contributed by atoms with Crippen molar-refractivity contribution in [3.8, 4) is 22.8 Å². The number of hydrogen-bond donors (Lipinski definition) is 2. The summed E-state index contributed by atoms with van der Waals surface area (Å²) in [5.41, 5.74) is 8.05. The number of hydrogen-bond acceptors (Lipinski definition) is 4. The number of aliphatic hydroxyl groups excluding tert-OH is 1. The summed E-state index contributed by atoms with van der Waals surface area (Å²) in [4.78, 5) is 15.3. The standard InChI is InChI=1S/C20H17FN2O3.ClH/c21-16-11-18(19(22)25)20(23-12-16)26-17-3-1-2-15(10-17)14-6-4-13(5-7-14)8-9-24;/h1-7,10-12,24H,8-9H2,(H2,22,25);1H. The number of rotatable bonds is 6. The smallest absolute Gasteiger partial charge is 0.254 e. The van der Waals surface area contributed by atoms with Crippen LogP contribution in [0.5, 0.6) is 11.6 Å². The van der Waals surface area contributed by atoms with Crippen LogP contribution in [-0.2, 0) is 6.42 Å². The number of halogens is 2. The summed E-state index contributed by atoms with van der Waals surface area (Å²) in [6.07, 6.45) is 1.57. The predicted octanol–water partition coefficient (Wildman–Crippen LogP) is 3.74. The first-order valence-electron chi connectivity index (χ1n) is 8.00. The number of carbonyl (C=O) groups is 1. The third kappa shape index (κ3) is 5.03. The zero-order valence-corrected chi connectivity index (χ0v) is 15.1. The number of amides is 1. The molecule has 0 unspecified atom stereocenters. The van der Waals surface area contributed by atoms with Gasteiger partial charge in [0, 0.05) is 6.61 Å². The number of primary amides is 1. The molecule has 0 bridgehead atoms. The van der Waals surface area contributed by atoms with E-state index in [1.54, 1.807) is 18.2 Å². The quantitative estimate of drug-likeness (QED) is 0.673. The fourth-order valence-electron chi connectivity index (χ4n) is 2.53. The third-order valence-corrected chi connectivity index (χ3v) is 3.82. The van der Waals surface area contributed by atoms with E-state index in [1.807, 2.05) is 30.3 Å². The summed E-state index contributed by atoms with van der Waals surface area (Å²) in [5, 5.41) is 8.98. The van der Waals surface area contributed by atoms with Crippen LogP contribution in [0.25, 0.3) is 11.1 Å². The average Bonchev–Trinajstić information content (AvgIpc) is 2.64. The second-order valence-corrected chi connectivity index (χ2v) is 5.67. The maximum absolute atomic E-state index is 13.3. The second-order valence-electron chi connectivity index (χ2n) is 5.67. The Kier molecular flexibility index (Phi) is 6.87. The van der Waals surface area contributed by atoms with Crippen LogP contribution < -0.4 is 10.5 Å². The molecule has 0 radical (unpaired) electrons. The molecular formula is C20H18ClFN2O3. The van der Waals surface area contributed by atoms with Gasteiger partial charge in [0.2, 0.25) is 5.88 Å². The van der Waals surface area contributed by atoms with E-state index in [0.29, 0.717) is 12.2 Å². The highest BCUT2D eigenvalue weighted by molar-refractivity contribution is 5.95. The van der Waals surface area contributed by atoms with Gasteiger partial charge in [-0.15, -0.1) is 12.4 Å². The van der Waals surface area contributed by atoms with E-state index < -0.39 is 11.7 Å². The topological polar surface area (TPSA) is 85.4 Å². The SMILES string of the molecule is Cl.NC(=O)c1cc(F)cnc1Oc1cccc(-c2ccc(CCO)cc2)c1. The van der Waals surface area contributed by atoms with Crippen LogP contribution in [0, 0.1) is 5.82 Å². The first kappa shape index (κ1) is 20.4. The van der Waals surface area contributed by atoms with Gasteiger partial charge < -0.3 is 15.6 Å². The molecule has 3 rings (SSSR count). The Balaban J connectivity index is 0.00000261. The van der Waals surface area contributed by atoms with E-state index in [2.05, 4.69) is 4.98 Å². The summed E-state index contributed by atoms with van der Waals surface area (Å²) in [5.74, 6) is -1.08. The number of nitrogens with zero attached hydrogens (tertiary/aromatic N) is 1. The van der Waals surface area contributed by atoms with Gasteiger partial charge in [-0.05, 0) is 41.3 Å². The Labute approximate surface area is 162 Å². The normalized spacial score (nSPS) is 10.1. The van der Waals surface area contributed by atoms with Gasteiger partial charge in [-0.3, -0.25) is 4.79 Å². The number of nitrogens with two attached hydrogens (primary N) is 1. The van der Waals surface area contributed by atoms with Crippen LogP contribution in [0.3, 0.4) is 0 Å². The van der Waals surface area contributed by atoms with Gasteiger partial charge in [0.1, 0.15) is 17.1 Å². The molecule has 0 atom stereocenters. The summed E-state index contributed by atoms with van der Waals surface area (Å²) < 4.78 is 18.9. The number of benzene rings is 2. The number of ether oxygens (including phenoxy) is 1. The van der Waals surface area contributed by atoms with Crippen molar-refractivity contribution in [3.05, 3.63) is 77.7 Å². The molecule has 0 aliphatic rings. The van der Waals surface area contributed by atoms with E-state index in [0.717, 1.165) is 29.0 Å². The zero-order valence-electron chi connectivity index (χ0n) is 14.3. The van der Waals surface area contributed by atoms with Crippen molar-refractivity contribution in [2.75, 3.05) is 6.61 Å². The second kappa shape index (κ2) is 9.12. The fraction of sp³-hybridized carbons (Fsp3) is 0.100. The molecule has 0 aliphatic carbocycles. The van der Waals surface area contributed by atoms with Crippen molar-refractivity contribution in [2.45, 2.75) is 6.42 Å². The molecule has 0 saturated carbocycles. The molecule has 1 aromatic heterocycles. The molecular weight excluding hydrogens is 371 g/mol. The lowest BCUT2D eigenvalue weighted by atomic mass is 10.0. The highest BCUT2D eigenvalue weighted by Crippen LogP contribution is 2.28. The van der Waals surface area contributed by atoms with Crippen molar-refractivity contribution in [3.63, 3.8) is 0 Å². The van der Waals surface area contributed by atoms with Gasteiger partial charge in [0.05, 0.1) is 6.20 Å². The number of aliphatic hydroxyl groups is 1. The molecule has 140 valence electrons. The van der Waals surface area contributed by atoms with Gasteiger partial charge in [-0.25, -0.2) is 9.37 Å². The van der Waals surface area contributed by atoms with Crippen LogP contribution in [0.4, 0.5) is 4.39 Å². The molecule has 27 heavy (non-hydrogen) atoms. The molecule has 7 heteroatoms. The van der Waals surface area contributed by atoms with Crippen molar-refractivity contribution in [2.24, 2.45) is 5.73 Å². The largest absolute Gasteiger partial charge is 0.438 e. The average molecular weight is 389 g/mol. The third-order valence-electron chi connectivity index (χ3n) is 3.82. The van der Waals surface area contributed by atoms with Gasteiger partial charge in [-0.1, -0.05) is 36.4 Å². The van der Waals surface area contributed by atoms with Crippen LogP contribution in [0.15, 0.2) is 60.8 Å². The van der Waals surface area contributed by atoms with Crippen LogP contribution in [-0.4, -0.2) is 22.6 Å². The van der Waals surface area contributed by atoms with E-state index in [1.165, 1.54) is 0 Å². The molecule has 3 aromatic rings. The van der Waals surface area contributed by atoms with E-state index in [4.69, 9.17) is 15.6 Å². The van der Waals surface area contributed by atoms with Crippen molar-refractivity contribution >= 4 is 18.3 Å². The minimum Gasteiger partial charge on any atom is -0.438 e.